The Kier molecular flexibility index (Phi) is 6.67. The number of hydrogen-bond acceptors (Lipinski definition) is 6. The van der Waals surface area contributed by atoms with Gasteiger partial charge in [0.2, 0.25) is 0 Å². The van der Waals surface area contributed by atoms with E-state index in [9.17, 15) is 14.4 Å². The third kappa shape index (κ3) is 5.49. The maximum atomic E-state index is 12.3. The number of carbonyl (C=O) groups is 3. The number of rotatable bonds is 3. The van der Waals surface area contributed by atoms with Gasteiger partial charge in [-0.05, 0) is 57.0 Å². The SMILES string of the molecule is CC1CCN(c2c(Cl)cccc2/C=C2\SC(=O)NC2=O)CC1NC(=O)OC(C)(C)C. The van der Waals surface area contributed by atoms with E-state index in [0.29, 0.717) is 16.5 Å². The first-order valence-electron chi connectivity index (χ1n) is 9.81. The van der Waals surface area contributed by atoms with Crippen molar-refractivity contribution in [3.05, 3.63) is 33.7 Å². The number of halogens is 1. The number of imide groups is 1. The number of anilines is 1. The van der Waals surface area contributed by atoms with Crippen LogP contribution in [0.15, 0.2) is 23.1 Å². The summed E-state index contributed by atoms with van der Waals surface area (Å²) in [6.07, 6.45) is 2.09. The number of nitrogens with zero attached hydrogens (tertiary/aromatic N) is 1. The van der Waals surface area contributed by atoms with Gasteiger partial charge < -0.3 is 15.0 Å². The number of ether oxygens (including phenoxy) is 1. The average molecular weight is 452 g/mol. The van der Waals surface area contributed by atoms with Crippen LogP contribution in [0.25, 0.3) is 6.08 Å². The lowest BCUT2D eigenvalue weighted by atomic mass is 9.92. The molecule has 2 N–H and O–H groups in total. The highest BCUT2D eigenvalue weighted by Crippen LogP contribution is 2.36. The van der Waals surface area contributed by atoms with Crippen molar-refractivity contribution in [3.63, 3.8) is 0 Å². The average Bonchev–Trinajstić information content (AvgIpc) is 2.93. The highest BCUT2D eigenvalue weighted by Gasteiger charge is 2.31. The van der Waals surface area contributed by atoms with Crippen LogP contribution in [-0.2, 0) is 9.53 Å². The molecule has 0 saturated carbocycles. The zero-order valence-corrected chi connectivity index (χ0v) is 19.0. The van der Waals surface area contributed by atoms with Gasteiger partial charge in [0.25, 0.3) is 11.1 Å². The molecule has 162 valence electrons. The first kappa shape index (κ1) is 22.5. The van der Waals surface area contributed by atoms with Crippen LogP contribution >= 0.6 is 23.4 Å². The number of carbonyl (C=O) groups excluding carboxylic acids is 3. The molecule has 1 aromatic carbocycles. The monoisotopic (exact) mass is 451 g/mol. The van der Waals surface area contributed by atoms with Crippen molar-refractivity contribution in [2.75, 3.05) is 18.0 Å². The van der Waals surface area contributed by atoms with Crippen LogP contribution in [0.2, 0.25) is 5.02 Å². The summed E-state index contributed by atoms with van der Waals surface area (Å²) in [4.78, 5) is 38.2. The number of amides is 3. The molecule has 0 aromatic heterocycles. The smallest absolute Gasteiger partial charge is 0.407 e. The molecular formula is C21H26ClN3O4S. The van der Waals surface area contributed by atoms with Gasteiger partial charge in [-0.3, -0.25) is 14.9 Å². The third-order valence-corrected chi connectivity index (χ3v) is 6.04. The summed E-state index contributed by atoms with van der Waals surface area (Å²) in [5, 5.41) is 5.40. The van der Waals surface area contributed by atoms with Crippen molar-refractivity contribution in [2.45, 2.75) is 45.8 Å². The number of para-hydroxylation sites is 1. The molecule has 2 atom stereocenters. The van der Waals surface area contributed by atoms with E-state index in [1.165, 1.54) is 0 Å². The molecule has 2 unspecified atom stereocenters. The van der Waals surface area contributed by atoms with E-state index < -0.39 is 17.6 Å². The standard InChI is InChI=1S/C21H26ClN3O4S/c1-12-8-9-25(11-15(12)23-19(27)29-21(2,3)4)17-13(6-5-7-14(17)22)10-16-18(26)24-20(28)30-16/h5-7,10,12,15H,8-9,11H2,1-4H3,(H,23,27)(H,24,26,28)/b16-10-. The lowest BCUT2D eigenvalue weighted by molar-refractivity contribution is -0.115. The Balaban J connectivity index is 1.83. The van der Waals surface area contributed by atoms with Gasteiger partial charge in [0.05, 0.1) is 21.7 Å². The molecule has 2 heterocycles. The summed E-state index contributed by atoms with van der Waals surface area (Å²) < 4.78 is 5.40. The van der Waals surface area contributed by atoms with Crippen LogP contribution < -0.4 is 15.5 Å². The second-order valence-corrected chi connectivity index (χ2v) is 9.92. The van der Waals surface area contributed by atoms with Crippen LogP contribution in [0, 0.1) is 5.92 Å². The summed E-state index contributed by atoms with van der Waals surface area (Å²) in [6, 6.07) is 5.34. The number of thioether (sulfide) groups is 1. The molecule has 9 heteroatoms. The van der Waals surface area contributed by atoms with E-state index in [1.807, 2.05) is 26.8 Å². The molecule has 3 amide bonds. The maximum Gasteiger partial charge on any atom is 0.407 e. The Bertz CT molecular complexity index is 897. The molecule has 0 aliphatic carbocycles. The van der Waals surface area contributed by atoms with Crippen LogP contribution in [-0.4, -0.2) is 42.0 Å². The van der Waals surface area contributed by atoms with E-state index in [2.05, 4.69) is 22.5 Å². The van der Waals surface area contributed by atoms with Gasteiger partial charge in [-0.25, -0.2) is 4.79 Å². The summed E-state index contributed by atoms with van der Waals surface area (Å²) in [5.41, 5.74) is 0.962. The first-order chi connectivity index (χ1) is 14.0. The van der Waals surface area contributed by atoms with Crippen molar-refractivity contribution in [1.82, 2.24) is 10.6 Å². The lowest BCUT2D eigenvalue weighted by Gasteiger charge is -2.39. The summed E-state index contributed by atoms with van der Waals surface area (Å²) in [7, 11) is 0. The second-order valence-electron chi connectivity index (χ2n) is 8.49. The van der Waals surface area contributed by atoms with Crippen molar-refractivity contribution in [1.29, 1.82) is 0 Å². The Morgan fingerprint density at radius 1 is 1.37 bits per heavy atom. The van der Waals surface area contributed by atoms with Crippen molar-refractivity contribution < 1.29 is 19.1 Å². The van der Waals surface area contributed by atoms with Crippen molar-refractivity contribution in [2.24, 2.45) is 5.92 Å². The van der Waals surface area contributed by atoms with Crippen LogP contribution in [0.4, 0.5) is 15.3 Å². The molecule has 0 radical (unpaired) electrons. The number of alkyl carbamates (subject to hydrolysis) is 1. The Hall–Kier alpha value is -2.19. The third-order valence-electron chi connectivity index (χ3n) is 4.92. The fourth-order valence-corrected chi connectivity index (χ4v) is 4.44. The minimum absolute atomic E-state index is 0.115. The van der Waals surface area contributed by atoms with Crippen molar-refractivity contribution >= 4 is 52.4 Å². The highest BCUT2D eigenvalue weighted by molar-refractivity contribution is 8.18. The normalized spacial score (nSPS) is 23.5. The molecular weight excluding hydrogens is 426 g/mol. The van der Waals surface area contributed by atoms with E-state index >= 15 is 0 Å². The van der Waals surface area contributed by atoms with Crippen LogP contribution in [0.5, 0.6) is 0 Å². The molecule has 2 aliphatic rings. The number of nitrogens with one attached hydrogen (secondary N) is 2. The zero-order valence-electron chi connectivity index (χ0n) is 17.5. The highest BCUT2D eigenvalue weighted by atomic mass is 35.5. The molecule has 2 fully saturated rings. The van der Waals surface area contributed by atoms with Gasteiger partial charge in [0, 0.05) is 18.7 Å². The minimum atomic E-state index is -0.569. The number of benzene rings is 1. The summed E-state index contributed by atoms with van der Waals surface area (Å²) >= 11 is 7.40. The number of hydrogen-bond donors (Lipinski definition) is 2. The molecule has 2 aliphatic heterocycles. The summed E-state index contributed by atoms with van der Waals surface area (Å²) in [6.45, 7) is 8.89. The van der Waals surface area contributed by atoms with Gasteiger partial charge >= 0.3 is 6.09 Å². The Morgan fingerprint density at radius 3 is 2.73 bits per heavy atom. The second kappa shape index (κ2) is 8.89. The zero-order chi connectivity index (χ0) is 22.1. The molecule has 30 heavy (non-hydrogen) atoms. The van der Waals surface area contributed by atoms with Gasteiger partial charge in [0.1, 0.15) is 5.60 Å². The minimum Gasteiger partial charge on any atom is -0.444 e. The predicted molar refractivity (Wildman–Crippen MR) is 120 cm³/mol. The van der Waals surface area contributed by atoms with E-state index in [4.69, 9.17) is 16.3 Å². The molecule has 7 nitrogen and oxygen atoms in total. The van der Waals surface area contributed by atoms with Crippen LogP contribution in [0.1, 0.15) is 39.7 Å². The quantitative estimate of drug-likeness (QED) is 0.662. The topological polar surface area (TPSA) is 87.7 Å². The number of piperidine rings is 1. The molecule has 3 rings (SSSR count). The van der Waals surface area contributed by atoms with E-state index in [-0.39, 0.29) is 17.2 Å². The van der Waals surface area contributed by atoms with E-state index in [0.717, 1.165) is 36.0 Å². The molecule has 1 aromatic rings. The Morgan fingerprint density at radius 2 is 2.10 bits per heavy atom. The maximum absolute atomic E-state index is 12.3. The largest absolute Gasteiger partial charge is 0.444 e. The van der Waals surface area contributed by atoms with Crippen LogP contribution in [0.3, 0.4) is 0 Å². The van der Waals surface area contributed by atoms with Gasteiger partial charge in [-0.1, -0.05) is 30.7 Å². The Labute approximate surface area is 185 Å². The summed E-state index contributed by atoms with van der Waals surface area (Å²) in [5.74, 6) is -0.139. The molecule has 2 saturated heterocycles. The van der Waals surface area contributed by atoms with Gasteiger partial charge in [-0.2, -0.15) is 0 Å². The fraction of sp³-hybridized carbons (Fsp3) is 0.476. The predicted octanol–water partition coefficient (Wildman–Crippen LogP) is 4.40. The first-order valence-corrected chi connectivity index (χ1v) is 11.0. The van der Waals surface area contributed by atoms with Gasteiger partial charge in [0.15, 0.2) is 0 Å². The molecule has 0 bridgehead atoms. The lowest BCUT2D eigenvalue weighted by Crippen LogP contribution is -2.53. The molecule has 0 spiro atoms. The fourth-order valence-electron chi connectivity index (χ4n) is 3.46. The van der Waals surface area contributed by atoms with Gasteiger partial charge in [-0.15, -0.1) is 0 Å². The van der Waals surface area contributed by atoms with Crippen molar-refractivity contribution in [3.8, 4) is 0 Å². The van der Waals surface area contributed by atoms with E-state index in [1.54, 1.807) is 18.2 Å².